The van der Waals surface area contributed by atoms with Gasteiger partial charge < -0.3 is 4.84 Å². The minimum atomic E-state index is 0.243. The lowest BCUT2D eigenvalue weighted by molar-refractivity contribution is -0.00643. The van der Waals surface area contributed by atoms with E-state index >= 15 is 0 Å². The van der Waals surface area contributed by atoms with Gasteiger partial charge in [-0.15, -0.1) is 0 Å². The van der Waals surface area contributed by atoms with E-state index in [9.17, 15) is 0 Å². The second-order valence-electron chi connectivity index (χ2n) is 6.92. The average Bonchev–Trinajstić information content (AvgIpc) is 3.28. The molecule has 4 atom stereocenters. The number of benzene rings is 2. The summed E-state index contributed by atoms with van der Waals surface area (Å²) in [7, 11) is 0. The molecule has 0 N–H and O–H groups in total. The Kier molecular flexibility index (Phi) is 3.01. The predicted octanol–water partition coefficient (Wildman–Crippen LogP) is 3.31. The first kappa shape index (κ1) is 13.3. The first-order valence-corrected chi connectivity index (χ1v) is 8.47. The maximum Gasteiger partial charge on any atom is 0.151 e. The smallest absolute Gasteiger partial charge is 0.151 e. The van der Waals surface area contributed by atoms with Crippen LogP contribution in [0.3, 0.4) is 0 Å². The van der Waals surface area contributed by atoms with Gasteiger partial charge in [-0.2, -0.15) is 0 Å². The first-order chi connectivity index (χ1) is 11.4. The number of piperidine rings is 1. The van der Waals surface area contributed by atoms with Gasteiger partial charge in [0.15, 0.2) is 6.10 Å². The van der Waals surface area contributed by atoms with E-state index in [-0.39, 0.29) is 6.10 Å². The lowest BCUT2D eigenvalue weighted by Crippen LogP contribution is -2.46. The lowest BCUT2D eigenvalue weighted by atomic mass is 9.85. The quantitative estimate of drug-likeness (QED) is 0.869. The molecule has 3 aliphatic rings. The highest BCUT2D eigenvalue weighted by Gasteiger charge is 2.57. The van der Waals surface area contributed by atoms with Crippen molar-refractivity contribution in [1.29, 1.82) is 0 Å². The van der Waals surface area contributed by atoms with Crippen molar-refractivity contribution in [3.8, 4) is 0 Å². The standard InChI is InChI=1S/C20H20N2O/c1-3-7-14(8-4-1)12-22-13-16-11-17(22)20-18(16)19(21-23-20)15-9-5-2-6-10-15/h1-10,16-18,20H,11-13H2. The van der Waals surface area contributed by atoms with Crippen molar-refractivity contribution >= 4 is 5.71 Å². The summed E-state index contributed by atoms with van der Waals surface area (Å²) in [6, 6.07) is 21.8. The number of hydrogen-bond acceptors (Lipinski definition) is 3. The Morgan fingerprint density at radius 3 is 2.52 bits per heavy atom. The van der Waals surface area contributed by atoms with Crippen LogP contribution in [0.2, 0.25) is 0 Å². The SMILES string of the molecule is c1ccc(CN2CC3CC2C2ON=C(c4ccccc4)C32)cc1. The molecule has 116 valence electrons. The zero-order valence-corrected chi connectivity index (χ0v) is 13.0. The van der Waals surface area contributed by atoms with Crippen molar-refractivity contribution in [2.75, 3.05) is 6.54 Å². The van der Waals surface area contributed by atoms with Crippen molar-refractivity contribution in [1.82, 2.24) is 4.90 Å². The van der Waals surface area contributed by atoms with Gasteiger partial charge in [-0.05, 0) is 23.5 Å². The molecule has 2 aliphatic heterocycles. The van der Waals surface area contributed by atoms with E-state index in [1.807, 2.05) is 0 Å². The monoisotopic (exact) mass is 304 g/mol. The molecule has 1 saturated heterocycles. The van der Waals surface area contributed by atoms with Gasteiger partial charge in [0.25, 0.3) is 0 Å². The molecule has 3 nitrogen and oxygen atoms in total. The van der Waals surface area contributed by atoms with E-state index in [1.54, 1.807) is 0 Å². The summed E-state index contributed by atoms with van der Waals surface area (Å²) in [5, 5.41) is 4.46. The topological polar surface area (TPSA) is 24.8 Å². The molecular formula is C20H20N2O. The van der Waals surface area contributed by atoms with Crippen molar-refractivity contribution < 1.29 is 4.84 Å². The summed E-state index contributed by atoms with van der Waals surface area (Å²) < 4.78 is 0. The molecule has 3 heteroatoms. The fourth-order valence-electron chi connectivity index (χ4n) is 4.63. The minimum absolute atomic E-state index is 0.243. The molecule has 23 heavy (non-hydrogen) atoms. The Balaban J connectivity index is 1.36. The molecule has 0 amide bonds. The number of nitrogens with zero attached hydrogens (tertiary/aromatic N) is 2. The third-order valence-corrected chi connectivity index (χ3v) is 5.61. The fraction of sp³-hybridized carbons (Fsp3) is 0.350. The van der Waals surface area contributed by atoms with Crippen molar-refractivity contribution in [3.05, 3.63) is 71.8 Å². The van der Waals surface area contributed by atoms with Gasteiger partial charge in [-0.3, -0.25) is 4.90 Å². The summed E-state index contributed by atoms with van der Waals surface area (Å²) in [4.78, 5) is 8.48. The van der Waals surface area contributed by atoms with Crippen LogP contribution in [0.15, 0.2) is 65.8 Å². The summed E-state index contributed by atoms with van der Waals surface area (Å²) in [6.07, 6.45) is 1.49. The summed E-state index contributed by atoms with van der Waals surface area (Å²) in [6.45, 7) is 2.19. The van der Waals surface area contributed by atoms with Crippen molar-refractivity contribution in [2.45, 2.75) is 25.1 Å². The van der Waals surface area contributed by atoms with Crippen molar-refractivity contribution in [3.63, 3.8) is 0 Å². The first-order valence-electron chi connectivity index (χ1n) is 8.47. The largest absolute Gasteiger partial charge is 0.390 e. The number of likely N-dealkylation sites (tertiary alicyclic amines) is 1. The fourth-order valence-corrected chi connectivity index (χ4v) is 4.63. The third kappa shape index (κ3) is 2.11. The summed E-state index contributed by atoms with van der Waals surface area (Å²) in [5.74, 6) is 1.16. The lowest BCUT2D eigenvalue weighted by Gasteiger charge is -2.33. The van der Waals surface area contributed by atoms with Crippen LogP contribution in [0.25, 0.3) is 0 Å². The molecule has 0 radical (unpaired) electrons. The third-order valence-electron chi connectivity index (χ3n) is 5.61. The molecule has 1 saturated carbocycles. The predicted molar refractivity (Wildman–Crippen MR) is 90.1 cm³/mol. The second kappa shape index (κ2) is 5.20. The molecule has 2 aromatic rings. The van der Waals surface area contributed by atoms with Gasteiger partial charge >= 0.3 is 0 Å². The van der Waals surface area contributed by atoms with Gasteiger partial charge in [-0.25, -0.2) is 0 Å². The van der Waals surface area contributed by atoms with Crippen LogP contribution in [0.5, 0.6) is 0 Å². The molecule has 0 aromatic heterocycles. The van der Waals surface area contributed by atoms with Crippen LogP contribution in [-0.4, -0.2) is 29.3 Å². The van der Waals surface area contributed by atoms with Gasteiger partial charge in [0.2, 0.25) is 0 Å². The summed E-state index contributed by atoms with van der Waals surface area (Å²) >= 11 is 0. The molecule has 2 fully saturated rings. The van der Waals surface area contributed by atoms with Crippen LogP contribution in [0, 0.1) is 11.8 Å². The molecule has 2 bridgehead atoms. The number of fused-ring (bicyclic) bond motifs is 5. The second-order valence-corrected chi connectivity index (χ2v) is 6.92. The Labute approximate surface area is 136 Å². The van der Waals surface area contributed by atoms with E-state index in [0.29, 0.717) is 17.9 Å². The highest BCUT2D eigenvalue weighted by Crippen LogP contribution is 2.48. The zero-order valence-electron chi connectivity index (χ0n) is 13.0. The van der Waals surface area contributed by atoms with Gasteiger partial charge in [0, 0.05) is 13.1 Å². The molecular weight excluding hydrogens is 284 g/mol. The molecule has 2 heterocycles. The normalized spacial score (nSPS) is 31.7. The van der Waals surface area contributed by atoms with Crippen LogP contribution in [0.4, 0.5) is 0 Å². The molecule has 2 aromatic carbocycles. The molecule has 0 spiro atoms. The van der Waals surface area contributed by atoms with Gasteiger partial charge in [0.1, 0.15) is 0 Å². The van der Waals surface area contributed by atoms with Crippen LogP contribution in [0.1, 0.15) is 17.5 Å². The number of hydrogen-bond donors (Lipinski definition) is 0. The average molecular weight is 304 g/mol. The van der Waals surface area contributed by atoms with E-state index in [2.05, 4.69) is 70.7 Å². The van der Waals surface area contributed by atoms with E-state index in [4.69, 9.17) is 4.84 Å². The highest BCUT2D eigenvalue weighted by molar-refractivity contribution is 6.03. The van der Waals surface area contributed by atoms with Crippen molar-refractivity contribution in [2.24, 2.45) is 17.0 Å². The molecule has 1 aliphatic carbocycles. The maximum absolute atomic E-state index is 5.89. The molecule has 5 rings (SSSR count). The van der Waals surface area contributed by atoms with E-state index < -0.39 is 0 Å². The summed E-state index contributed by atoms with van der Waals surface area (Å²) in [5.41, 5.74) is 3.78. The molecule has 4 unspecified atom stereocenters. The Hall–Kier alpha value is -2.13. The van der Waals surface area contributed by atoms with Gasteiger partial charge in [0.05, 0.1) is 17.7 Å². The van der Waals surface area contributed by atoms with Gasteiger partial charge in [-0.1, -0.05) is 65.8 Å². The van der Waals surface area contributed by atoms with E-state index in [1.165, 1.54) is 23.3 Å². The maximum atomic E-state index is 5.89. The van der Waals surface area contributed by atoms with Crippen LogP contribution < -0.4 is 0 Å². The number of oxime groups is 1. The Morgan fingerprint density at radius 1 is 1.00 bits per heavy atom. The highest BCUT2D eigenvalue weighted by atomic mass is 16.6. The Bertz CT molecular complexity index is 728. The number of rotatable bonds is 3. The zero-order chi connectivity index (χ0) is 15.2. The van der Waals surface area contributed by atoms with E-state index in [0.717, 1.165) is 13.1 Å². The van der Waals surface area contributed by atoms with Crippen LogP contribution in [-0.2, 0) is 11.4 Å². The Morgan fingerprint density at radius 2 is 1.74 bits per heavy atom. The van der Waals surface area contributed by atoms with Crippen LogP contribution >= 0.6 is 0 Å². The minimum Gasteiger partial charge on any atom is -0.390 e.